The molecule has 0 heterocycles. The average Bonchev–Trinajstić information content (AvgIpc) is 2.24. The van der Waals surface area contributed by atoms with Crippen LogP contribution in [0.15, 0.2) is 19.5 Å². The standard InChI is InChI=1S/C11H14Br3NO.ClH/c1-3-5(2)10(15)8-6(12)4-7(13)11(16)9(8)14;/h4-5,10,16H,3,15H2,1-2H3;1H/t5?,10-;/m1./s1. The highest BCUT2D eigenvalue weighted by Gasteiger charge is 2.22. The first-order valence-electron chi connectivity index (χ1n) is 5.02. The number of rotatable bonds is 3. The van der Waals surface area contributed by atoms with E-state index in [0.29, 0.717) is 14.9 Å². The summed E-state index contributed by atoms with van der Waals surface area (Å²) in [6.45, 7) is 4.20. The smallest absolute Gasteiger partial charge is 0.144 e. The van der Waals surface area contributed by atoms with E-state index in [4.69, 9.17) is 5.73 Å². The summed E-state index contributed by atoms with van der Waals surface area (Å²) in [5.74, 6) is 0.546. The second-order valence-corrected chi connectivity index (χ2v) is 6.33. The van der Waals surface area contributed by atoms with E-state index in [1.54, 1.807) is 0 Å². The van der Waals surface area contributed by atoms with Crippen molar-refractivity contribution < 1.29 is 5.11 Å². The van der Waals surface area contributed by atoms with Crippen molar-refractivity contribution in [3.05, 3.63) is 25.0 Å². The Morgan fingerprint density at radius 3 is 2.29 bits per heavy atom. The van der Waals surface area contributed by atoms with E-state index in [1.807, 2.05) is 6.07 Å². The lowest BCUT2D eigenvalue weighted by Crippen LogP contribution is -2.19. The van der Waals surface area contributed by atoms with Gasteiger partial charge in [-0.25, -0.2) is 0 Å². The quantitative estimate of drug-likeness (QED) is 0.667. The highest BCUT2D eigenvalue weighted by Crippen LogP contribution is 2.43. The van der Waals surface area contributed by atoms with Gasteiger partial charge in [0.15, 0.2) is 0 Å². The molecule has 2 nitrogen and oxygen atoms in total. The monoisotopic (exact) mass is 449 g/mol. The minimum absolute atomic E-state index is 0. The van der Waals surface area contributed by atoms with Crippen molar-refractivity contribution in [3.63, 3.8) is 0 Å². The molecule has 17 heavy (non-hydrogen) atoms. The normalized spacial score (nSPS) is 14.0. The summed E-state index contributed by atoms with van der Waals surface area (Å²) >= 11 is 10.2. The summed E-state index contributed by atoms with van der Waals surface area (Å²) in [5, 5.41) is 9.84. The first-order chi connectivity index (χ1) is 7.40. The molecule has 0 aromatic heterocycles. The van der Waals surface area contributed by atoms with Gasteiger partial charge in [0, 0.05) is 16.1 Å². The van der Waals surface area contributed by atoms with Crippen molar-refractivity contribution in [1.29, 1.82) is 0 Å². The van der Waals surface area contributed by atoms with Crippen LogP contribution in [-0.4, -0.2) is 5.11 Å². The van der Waals surface area contributed by atoms with E-state index in [2.05, 4.69) is 61.6 Å². The van der Waals surface area contributed by atoms with Gasteiger partial charge in [0.25, 0.3) is 0 Å². The molecule has 0 amide bonds. The molecule has 1 unspecified atom stereocenters. The number of phenolic OH excluding ortho intramolecular Hbond substituents is 1. The number of halogens is 4. The summed E-state index contributed by atoms with van der Waals surface area (Å²) in [6, 6.07) is 1.71. The van der Waals surface area contributed by atoms with Crippen LogP contribution in [0.3, 0.4) is 0 Å². The molecule has 1 aromatic carbocycles. The van der Waals surface area contributed by atoms with Crippen LogP contribution in [0.2, 0.25) is 0 Å². The lowest BCUT2D eigenvalue weighted by atomic mass is 9.93. The van der Waals surface area contributed by atoms with Crippen LogP contribution in [0.1, 0.15) is 31.9 Å². The zero-order chi connectivity index (χ0) is 12.5. The van der Waals surface area contributed by atoms with Crippen LogP contribution in [0.25, 0.3) is 0 Å². The topological polar surface area (TPSA) is 46.2 Å². The third-order valence-electron chi connectivity index (χ3n) is 2.77. The molecule has 6 heteroatoms. The number of nitrogens with two attached hydrogens (primary N) is 1. The maximum Gasteiger partial charge on any atom is 0.144 e. The Morgan fingerprint density at radius 2 is 1.82 bits per heavy atom. The Kier molecular flexibility index (Phi) is 7.64. The zero-order valence-electron chi connectivity index (χ0n) is 9.51. The summed E-state index contributed by atoms with van der Waals surface area (Å²) < 4.78 is 2.20. The van der Waals surface area contributed by atoms with E-state index in [-0.39, 0.29) is 24.2 Å². The number of hydrogen-bond donors (Lipinski definition) is 2. The van der Waals surface area contributed by atoms with Crippen molar-refractivity contribution in [1.82, 2.24) is 0 Å². The molecular formula is C11H15Br3ClNO. The number of benzene rings is 1. The van der Waals surface area contributed by atoms with Crippen LogP contribution >= 0.6 is 60.2 Å². The zero-order valence-corrected chi connectivity index (χ0v) is 15.1. The van der Waals surface area contributed by atoms with Crippen LogP contribution in [0.5, 0.6) is 5.75 Å². The Morgan fingerprint density at radius 1 is 1.29 bits per heavy atom. The molecule has 1 aromatic rings. The van der Waals surface area contributed by atoms with Gasteiger partial charge in [-0.3, -0.25) is 0 Å². The molecule has 0 bridgehead atoms. The van der Waals surface area contributed by atoms with Gasteiger partial charge < -0.3 is 10.8 Å². The van der Waals surface area contributed by atoms with Crippen molar-refractivity contribution >= 4 is 60.2 Å². The van der Waals surface area contributed by atoms with Crippen LogP contribution in [0.4, 0.5) is 0 Å². The van der Waals surface area contributed by atoms with Crippen molar-refractivity contribution in [2.75, 3.05) is 0 Å². The van der Waals surface area contributed by atoms with Gasteiger partial charge >= 0.3 is 0 Å². The Balaban J connectivity index is 0.00000256. The molecule has 0 aliphatic carbocycles. The third kappa shape index (κ3) is 3.83. The SMILES string of the molecule is CCC(C)[C@@H](N)c1c(Br)cc(Br)c(O)c1Br.Cl. The second-order valence-electron chi connectivity index (χ2n) is 3.83. The molecule has 1 rings (SSSR count). The Labute approximate surface area is 133 Å². The van der Waals surface area contributed by atoms with Crippen molar-refractivity contribution in [2.45, 2.75) is 26.3 Å². The highest BCUT2D eigenvalue weighted by molar-refractivity contribution is 9.11. The second kappa shape index (κ2) is 7.34. The minimum Gasteiger partial charge on any atom is -0.506 e. The summed E-state index contributed by atoms with van der Waals surface area (Å²) in [6.07, 6.45) is 0.997. The van der Waals surface area contributed by atoms with E-state index >= 15 is 0 Å². The minimum atomic E-state index is -0.104. The molecule has 0 fully saturated rings. The molecule has 98 valence electrons. The summed E-state index contributed by atoms with van der Waals surface area (Å²) in [7, 11) is 0. The Hall–Kier alpha value is 0.710. The van der Waals surface area contributed by atoms with Gasteiger partial charge in [-0.1, -0.05) is 36.2 Å². The third-order valence-corrected chi connectivity index (χ3v) is 4.83. The van der Waals surface area contributed by atoms with Crippen molar-refractivity contribution in [2.24, 2.45) is 11.7 Å². The van der Waals surface area contributed by atoms with Crippen LogP contribution in [-0.2, 0) is 0 Å². The fourth-order valence-electron chi connectivity index (χ4n) is 1.44. The summed E-state index contributed by atoms with van der Waals surface area (Å²) in [5.41, 5.74) is 7.10. The molecule has 0 saturated carbocycles. The number of hydrogen-bond acceptors (Lipinski definition) is 2. The maximum atomic E-state index is 9.84. The molecule has 0 radical (unpaired) electrons. The molecule has 3 N–H and O–H groups in total. The van der Waals surface area contributed by atoms with E-state index in [1.165, 1.54) is 0 Å². The Bertz CT molecular complexity index is 401. The van der Waals surface area contributed by atoms with Gasteiger partial charge in [0.2, 0.25) is 0 Å². The van der Waals surface area contributed by atoms with E-state index in [0.717, 1.165) is 16.5 Å². The maximum absolute atomic E-state index is 9.84. The van der Waals surface area contributed by atoms with Crippen LogP contribution in [0, 0.1) is 5.92 Å². The van der Waals surface area contributed by atoms with E-state index < -0.39 is 0 Å². The van der Waals surface area contributed by atoms with Gasteiger partial charge in [-0.15, -0.1) is 12.4 Å². The average molecular weight is 452 g/mol. The predicted octanol–water partition coefficient (Wildman–Crippen LogP) is 5.15. The van der Waals surface area contributed by atoms with E-state index in [9.17, 15) is 5.11 Å². The fourth-order valence-corrected chi connectivity index (χ4v) is 4.09. The van der Waals surface area contributed by atoms with Crippen LogP contribution < -0.4 is 5.73 Å². The van der Waals surface area contributed by atoms with Gasteiger partial charge in [0.1, 0.15) is 5.75 Å². The summed E-state index contributed by atoms with van der Waals surface area (Å²) in [4.78, 5) is 0. The first kappa shape index (κ1) is 17.7. The predicted molar refractivity (Wildman–Crippen MR) is 84.8 cm³/mol. The molecule has 0 aliphatic rings. The lowest BCUT2D eigenvalue weighted by Gasteiger charge is -2.22. The van der Waals surface area contributed by atoms with Crippen molar-refractivity contribution in [3.8, 4) is 5.75 Å². The largest absolute Gasteiger partial charge is 0.506 e. The van der Waals surface area contributed by atoms with Gasteiger partial charge in [-0.2, -0.15) is 0 Å². The number of aromatic hydroxyl groups is 1. The lowest BCUT2D eigenvalue weighted by molar-refractivity contribution is 0.442. The highest BCUT2D eigenvalue weighted by atomic mass is 79.9. The van der Waals surface area contributed by atoms with Gasteiger partial charge in [-0.05, 0) is 43.8 Å². The number of phenols is 1. The van der Waals surface area contributed by atoms with Gasteiger partial charge in [0.05, 0.1) is 8.95 Å². The molecule has 2 atom stereocenters. The molecular weight excluding hydrogens is 437 g/mol. The molecule has 0 spiro atoms. The molecule has 0 aliphatic heterocycles. The first-order valence-corrected chi connectivity index (χ1v) is 7.39. The molecule has 0 saturated heterocycles. The fraction of sp³-hybridized carbons (Fsp3) is 0.455.